The average Bonchev–Trinajstić information content (AvgIpc) is 3.18. The summed E-state index contributed by atoms with van der Waals surface area (Å²) in [7, 11) is 0. The van der Waals surface area contributed by atoms with Crippen LogP contribution in [0.25, 0.3) is 0 Å². The van der Waals surface area contributed by atoms with Crippen molar-refractivity contribution in [1.82, 2.24) is 20.0 Å². The lowest BCUT2D eigenvalue weighted by Crippen LogP contribution is -2.42. The molecule has 0 saturated carbocycles. The van der Waals surface area contributed by atoms with Crippen molar-refractivity contribution in [2.75, 3.05) is 6.54 Å². The highest BCUT2D eigenvalue weighted by Crippen LogP contribution is 2.42. The minimum Gasteiger partial charge on any atom is -0.319 e. The quantitative estimate of drug-likeness (QED) is 0.868. The molecule has 1 aromatic carbocycles. The molecule has 6 nitrogen and oxygen atoms in total. The van der Waals surface area contributed by atoms with Crippen LogP contribution in [0.4, 0.5) is 4.79 Å². The smallest absolute Gasteiger partial charge is 0.319 e. The normalized spacial score (nSPS) is 22.3. The number of urea groups is 1. The van der Waals surface area contributed by atoms with Crippen LogP contribution in [0.5, 0.6) is 0 Å². The van der Waals surface area contributed by atoms with Crippen LogP contribution in [0.15, 0.2) is 30.6 Å². The highest BCUT2D eigenvalue weighted by Gasteiger charge is 2.55. The number of amides is 3. The van der Waals surface area contributed by atoms with E-state index in [4.69, 9.17) is 11.6 Å². The van der Waals surface area contributed by atoms with Crippen LogP contribution in [0.2, 0.25) is 5.02 Å². The number of hydrogen-bond acceptors (Lipinski definition) is 3. The second-order valence-corrected chi connectivity index (χ2v) is 6.81. The first-order chi connectivity index (χ1) is 11.5. The summed E-state index contributed by atoms with van der Waals surface area (Å²) in [4.78, 5) is 26.7. The Morgan fingerprint density at radius 3 is 2.92 bits per heavy atom. The van der Waals surface area contributed by atoms with Gasteiger partial charge in [-0.2, -0.15) is 5.10 Å². The fraction of sp³-hybridized carbons (Fsp3) is 0.353. The molecule has 3 amide bonds. The van der Waals surface area contributed by atoms with Crippen LogP contribution in [-0.2, 0) is 23.3 Å². The number of benzene rings is 1. The molecule has 1 aliphatic carbocycles. The Morgan fingerprint density at radius 2 is 2.17 bits per heavy atom. The number of imide groups is 1. The zero-order valence-corrected chi connectivity index (χ0v) is 14.0. The Morgan fingerprint density at radius 1 is 1.33 bits per heavy atom. The molecule has 1 N–H and O–H groups in total. The molecule has 1 fully saturated rings. The first-order valence-electron chi connectivity index (χ1n) is 7.92. The zero-order chi connectivity index (χ0) is 16.9. The minimum absolute atomic E-state index is 0.183. The number of carbonyl (C=O) groups is 2. The summed E-state index contributed by atoms with van der Waals surface area (Å²) in [5, 5.41) is 7.75. The molecule has 2 heterocycles. The van der Waals surface area contributed by atoms with Crippen LogP contribution in [-0.4, -0.2) is 33.2 Å². The molecule has 1 atom stereocenters. The lowest BCUT2D eigenvalue weighted by atomic mass is 9.92. The van der Waals surface area contributed by atoms with E-state index in [1.54, 1.807) is 16.9 Å². The molecule has 2 aliphatic rings. The van der Waals surface area contributed by atoms with Crippen molar-refractivity contribution >= 4 is 23.5 Å². The van der Waals surface area contributed by atoms with Crippen molar-refractivity contribution < 1.29 is 9.59 Å². The number of rotatable bonds is 3. The predicted octanol–water partition coefficient (Wildman–Crippen LogP) is 2.24. The third-order valence-electron chi connectivity index (χ3n) is 4.79. The number of aromatic nitrogens is 2. The molecule has 0 bridgehead atoms. The van der Waals surface area contributed by atoms with E-state index in [1.807, 2.05) is 25.3 Å². The topological polar surface area (TPSA) is 67.2 Å². The standard InChI is InChI=1S/C17H17ClN4O2/c1-11-9-19-21(10-11)6-7-22-15(23)17(20-16(22)24)5-4-12-8-13(18)2-3-14(12)17/h2-3,8-10H,4-7H2,1H3,(H,20,24)/t17-/m1/s1. The summed E-state index contributed by atoms with van der Waals surface area (Å²) in [6.45, 7) is 2.74. The van der Waals surface area contributed by atoms with Crippen LogP contribution >= 0.6 is 11.6 Å². The van der Waals surface area contributed by atoms with E-state index in [-0.39, 0.29) is 11.9 Å². The van der Waals surface area contributed by atoms with E-state index in [0.29, 0.717) is 24.5 Å². The molecule has 1 saturated heterocycles. The Bertz CT molecular complexity index is 847. The van der Waals surface area contributed by atoms with Gasteiger partial charge in [0.1, 0.15) is 5.54 Å². The number of carbonyl (C=O) groups excluding carboxylic acids is 2. The Balaban J connectivity index is 1.58. The van der Waals surface area contributed by atoms with Gasteiger partial charge in [-0.3, -0.25) is 14.4 Å². The van der Waals surface area contributed by atoms with E-state index >= 15 is 0 Å². The second-order valence-electron chi connectivity index (χ2n) is 6.37. The van der Waals surface area contributed by atoms with E-state index in [1.165, 1.54) is 4.90 Å². The average molecular weight is 345 g/mol. The SMILES string of the molecule is Cc1cnn(CCN2C(=O)N[C@@]3(CCc4cc(Cl)ccc43)C2=O)c1. The number of fused-ring (bicyclic) bond motifs is 2. The zero-order valence-electron chi connectivity index (χ0n) is 13.3. The number of aryl methyl sites for hydroxylation is 2. The molecule has 1 aromatic heterocycles. The number of halogens is 1. The van der Waals surface area contributed by atoms with Gasteiger partial charge in [0.2, 0.25) is 0 Å². The lowest BCUT2D eigenvalue weighted by molar-refractivity contribution is -0.131. The fourth-order valence-corrected chi connectivity index (χ4v) is 3.81. The molecular weight excluding hydrogens is 328 g/mol. The Labute approximate surface area is 144 Å². The molecule has 2 aromatic rings. The number of hydrogen-bond donors (Lipinski definition) is 1. The molecule has 124 valence electrons. The minimum atomic E-state index is -0.933. The molecule has 4 rings (SSSR count). The maximum absolute atomic E-state index is 13.0. The Hall–Kier alpha value is -2.34. The second kappa shape index (κ2) is 5.34. The summed E-state index contributed by atoms with van der Waals surface area (Å²) in [5.74, 6) is -0.183. The van der Waals surface area contributed by atoms with Gasteiger partial charge in [-0.15, -0.1) is 0 Å². The highest BCUT2D eigenvalue weighted by atomic mass is 35.5. The van der Waals surface area contributed by atoms with E-state index in [0.717, 1.165) is 23.1 Å². The van der Waals surface area contributed by atoms with Gasteiger partial charge in [-0.25, -0.2) is 4.79 Å². The largest absolute Gasteiger partial charge is 0.325 e. The maximum atomic E-state index is 13.0. The summed E-state index contributed by atoms with van der Waals surface area (Å²) >= 11 is 6.04. The third kappa shape index (κ3) is 2.21. The highest BCUT2D eigenvalue weighted by molar-refractivity contribution is 6.30. The van der Waals surface area contributed by atoms with Crippen molar-refractivity contribution in [3.05, 3.63) is 52.3 Å². The third-order valence-corrected chi connectivity index (χ3v) is 5.02. The molecule has 0 radical (unpaired) electrons. The number of nitrogens with one attached hydrogen (secondary N) is 1. The summed E-state index contributed by atoms with van der Waals surface area (Å²) in [5.41, 5.74) is 2.01. The first kappa shape index (κ1) is 15.2. The van der Waals surface area contributed by atoms with Crippen molar-refractivity contribution in [2.24, 2.45) is 0 Å². The van der Waals surface area contributed by atoms with Gasteiger partial charge in [0.15, 0.2) is 0 Å². The van der Waals surface area contributed by atoms with Gasteiger partial charge < -0.3 is 5.32 Å². The van der Waals surface area contributed by atoms with Crippen LogP contribution in [0, 0.1) is 6.92 Å². The summed E-state index contributed by atoms with van der Waals surface area (Å²) < 4.78 is 1.74. The van der Waals surface area contributed by atoms with Gasteiger partial charge in [0, 0.05) is 11.2 Å². The van der Waals surface area contributed by atoms with Gasteiger partial charge in [0.05, 0.1) is 19.3 Å². The first-order valence-corrected chi connectivity index (χ1v) is 8.29. The lowest BCUT2D eigenvalue weighted by Gasteiger charge is -2.22. The van der Waals surface area contributed by atoms with Crippen molar-refractivity contribution in [2.45, 2.75) is 31.8 Å². The summed E-state index contributed by atoms with van der Waals surface area (Å²) in [6, 6.07) is 5.15. The van der Waals surface area contributed by atoms with Crippen LogP contribution in [0.3, 0.4) is 0 Å². The molecule has 1 spiro atoms. The van der Waals surface area contributed by atoms with Gasteiger partial charge in [-0.05, 0) is 48.6 Å². The monoisotopic (exact) mass is 344 g/mol. The van der Waals surface area contributed by atoms with Gasteiger partial charge >= 0.3 is 6.03 Å². The number of nitrogens with zero attached hydrogens (tertiary/aromatic N) is 3. The predicted molar refractivity (Wildman–Crippen MR) is 88.7 cm³/mol. The maximum Gasteiger partial charge on any atom is 0.325 e. The van der Waals surface area contributed by atoms with Crippen LogP contribution < -0.4 is 5.32 Å². The fourth-order valence-electron chi connectivity index (χ4n) is 3.62. The van der Waals surface area contributed by atoms with Crippen molar-refractivity contribution in [3.63, 3.8) is 0 Å². The van der Waals surface area contributed by atoms with E-state index in [2.05, 4.69) is 10.4 Å². The molecular formula is C17H17ClN4O2. The van der Waals surface area contributed by atoms with E-state index in [9.17, 15) is 9.59 Å². The van der Waals surface area contributed by atoms with Crippen molar-refractivity contribution in [1.29, 1.82) is 0 Å². The summed E-state index contributed by atoms with van der Waals surface area (Å²) in [6.07, 6.45) is 4.95. The van der Waals surface area contributed by atoms with Gasteiger partial charge in [-0.1, -0.05) is 17.7 Å². The molecule has 7 heteroatoms. The molecule has 0 unspecified atom stereocenters. The van der Waals surface area contributed by atoms with Crippen LogP contribution in [0.1, 0.15) is 23.1 Å². The Kier molecular flexibility index (Phi) is 3.38. The van der Waals surface area contributed by atoms with E-state index < -0.39 is 5.54 Å². The van der Waals surface area contributed by atoms with Crippen molar-refractivity contribution in [3.8, 4) is 0 Å². The molecule has 1 aliphatic heterocycles. The molecule has 24 heavy (non-hydrogen) atoms. The van der Waals surface area contributed by atoms with Gasteiger partial charge in [0.25, 0.3) is 5.91 Å².